The summed E-state index contributed by atoms with van der Waals surface area (Å²) in [6.45, 7) is 9.33. The number of hydrogen-bond donors (Lipinski definition) is 0. The molecule has 1 aliphatic heterocycles. The molecule has 0 aromatic rings. The van der Waals surface area contributed by atoms with E-state index in [1.165, 1.54) is 173 Å². The quantitative estimate of drug-likeness (QED) is 0.0977. The highest BCUT2D eigenvalue weighted by atomic mass is 15.4. The summed E-state index contributed by atoms with van der Waals surface area (Å²) in [6.07, 6.45) is 42.8. The van der Waals surface area contributed by atoms with Gasteiger partial charge in [0.2, 0.25) is 0 Å². The average molecular weight is 505 g/mol. The van der Waals surface area contributed by atoms with Crippen molar-refractivity contribution in [2.75, 3.05) is 13.1 Å². The van der Waals surface area contributed by atoms with Crippen LogP contribution in [0.15, 0.2) is 12.4 Å². The molecule has 214 valence electrons. The molecular formula is C34H68N2. The molecule has 36 heavy (non-hydrogen) atoms. The van der Waals surface area contributed by atoms with Crippen molar-refractivity contribution >= 4 is 0 Å². The van der Waals surface area contributed by atoms with E-state index in [0.29, 0.717) is 6.17 Å². The van der Waals surface area contributed by atoms with Crippen LogP contribution in [0.4, 0.5) is 0 Å². The maximum Gasteiger partial charge on any atom is 0.101 e. The molecule has 0 radical (unpaired) electrons. The van der Waals surface area contributed by atoms with Crippen molar-refractivity contribution in [3.63, 3.8) is 0 Å². The van der Waals surface area contributed by atoms with Crippen molar-refractivity contribution in [2.24, 2.45) is 0 Å². The molecule has 1 unspecified atom stereocenters. The van der Waals surface area contributed by atoms with E-state index in [1.54, 1.807) is 0 Å². The highest BCUT2D eigenvalue weighted by Gasteiger charge is 2.23. The molecule has 0 spiro atoms. The second kappa shape index (κ2) is 26.0. The van der Waals surface area contributed by atoms with Crippen LogP contribution in [0.2, 0.25) is 0 Å². The van der Waals surface area contributed by atoms with E-state index >= 15 is 0 Å². The van der Waals surface area contributed by atoms with Crippen LogP contribution >= 0.6 is 0 Å². The minimum atomic E-state index is 0.635. The Labute approximate surface area is 229 Å². The molecule has 0 amide bonds. The third-order valence-electron chi connectivity index (χ3n) is 8.42. The highest BCUT2D eigenvalue weighted by Crippen LogP contribution is 2.23. The van der Waals surface area contributed by atoms with E-state index in [-0.39, 0.29) is 0 Å². The van der Waals surface area contributed by atoms with Gasteiger partial charge in [-0.15, -0.1) is 0 Å². The molecule has 1 atom stereocenters. The third kappa shape index (κ3) is 18.6. The fraction of sp³-hybridized carbons (Fsp3) is 0.941. The van der Waals surface area contributed by atoms with Gasteiger partial charge in [-0.1, -0.05) is 162 Å². The number of rotatable bonds is 28. The normalized spacial score (nSPS) is 15.5. The Balaban J connectivity index is 1.92. The molecule has 1 aliphatic rings. The van der Waals surface area contributed by atoms with Crippen LogP contribution in [0, 0.1) is 0 Å². The van der Waals surface area contributed by atoms with E-state index < -0.39 is 0 Å². The third-order valence-corrected chi connectivity index (χ3v) is 8.42. The lowest BCUT2D eigenvalue weighted by molar-refractivity contribution is 0.142. The molecule has 0 aliphatic carbocycles. The summed E-state index contributed by atoms with van der Waals surface area (Å²) in [5.74, 6) is 0. The van der Waals surface area contributed by atoms with E-state index in [1.807, 2.05) is 0 Å². The first kappa shape index (κ1) is 33.4. The van der Waals surface area contributed by atoms with Crippen LogP contribution in [0.25, 0.3) is 0 Å². The second-order valence-electron chi connectivity index (χ2n) is 11.8. The monoisotopic (exact) mass is 505 g/mol. The largest absolute Gasteiger partial charge is 0.356 e. The van der Waals surface area contributed by atoms with Gasteiger partial charge in [-0.3, -0.25) is 0 Å². The SMILES string of the molecule is CCCCCCCCCCCCCCCCCCCC1N(CC)C=CN1CCCCCCCCCC. The topological polar surface area (TPSA) is 6.48 Å². The van der Waals surface area contributed by atoms with Crippen LogP contribution < -0.4 is 0 Å². The first-order valence-electron chi connectivity index (χ1n) is 17.0. The molecule has 1 heterocycles. The summed E-state index contributed by atoms with van der Waals surface area (Å²) in [5, 5.41) is 0. The van der Waals surface area contributed by atoms with Crippen molar-refractivity contribution in [3.05, 3.63) is 12.4 Å². The van der Waals surface area contributed by atoms with Crippen molar-refractivity contribution in [2.45, 2.75) is 194 Å². The molecule has 0 aromatic carbocycles. The Morgan fingerprint density at radius 2 is 0.722 bits per heavy atom. The lowest BCUT2D eigenvalue weighted by atomic mass is 10.0. The number of hydrogen-bond acceptors (Lipinski definition) is 2. The predicted octanol–water partition coefficient (Wildman–Crippen LogP) is 11.6. The van der Waals surface area contributed by atoms with Crippen LogP contribution in [0.3, 0.4) is 0 Å². The molecule has 0 bridgehead atoms. The molecular weight excluding hydrogens is 436 g/mol. The van der Waals surface area contributed by atoms with Crippen LogP contribution in [0.5, 0.6) is 0 Å². The Kier molecular flexibility index (Phi) is 24.1. The van der Waals surface area contributed by atoms with E-state index in [9.17, 15) is 0 Å². The van der Waals surface area contributed by atoms with Gasteiger partial charge in [0.05, 0.1) is 0 Å². The average Bonchev–Trinajstić information content (AvgIpc) is 3.29. The molecule has 1 rings (SSSR count). The zero-order valence-corrected chi connectivity index (χ0v) is 25.4. The van der Waals surface area contributed by atoms with Crippen molar-refractivity contribution in [1.29, 1.82) is 0 Å². The van der Waals surface area contributed by atoms with Gasteiger partial charge in [-0.25, -0.2) is 0 Å². The molecule has 0 N–H and O–H groups in total. The van der Waals surface area contributed by atoms with Crippen molar-refractivity contribution in [1.82, 2.24) is 9.80 Å². The van der Waals surface area contributed by atoms with Crippen molar-refractivity contribution in [3.8, 4) is 0 Å². The molecule has 2 nitrogen and oxygen atoms in total. The van der Waals surface area contributed by atoms with Crippen LogP contribution in [-0.4, -0.2) is 29.1 Å². The Morgan fingerprint density at radius 1 is 0.389 bits per heavy atom. The van der Waals surface area contributed by atoms with Gasteiger partial charge in [-0.2, -0.15) is 0 Å². The molecule has 2 heteroatoms. The molecule has 0 saturated heterocycles. The van der Waals surface area contributed by atoms with Gasteiger partial charge < -0.3 is 9.80 Å². The van der Waals surface area contributed by atoms with Gasteiger partial charge >= 0.3 is 0 Å². The Morgan fingerprint density at radius 3 is 1.11 bits per heavy atom. The fourth-order valence-corrected chi connectivity index (χ4v) is 5.91. The predicted molar refractivity (Wildman–Crippen MR) is 163 cm³/mol. The first-order chi connectivity index (χ1) is 17.8. The summed E-state index contributed by atoms with van der Waals surface area (Å²) in [7, 11) is 0. The maximum absolute atomic E-state index is 2.65. The van der Waals surface area contributed by atoms with Gasteiger partial charge in [0, 0.05) is 25.5 Å². The Bertz CT molecular complexity index is 460. The summed E-state index contributed by atoms with van der Waals surface area (Å²) in [5.41, 5.74) is 0. The highest BCUT2D eigenvalue weighted by molar-refractivity contribution is 4.96. The number of nitrogens with zero attached hydrogens (tertiary/aromatic N) is 2. The lowest BCUT2D eigenvalue weighted by Crippen LogP contribution is -2.38. The maximum atomic E-state index is 2.65. The summed E-state index contributed by atoms with van der Waals surface area (Å²) in [6, 6.07) is 0. The first-order valence-corrected chi connectivity index (χ1v) is 17.0. The smallest absolute Gasteiger partial charge is 0.101 e. The van der Waals surface area contributed by atoms with E-state index in [2.05, 4.69) is 43.0 Å². The lowest BCUT2D eigenvalue weighted by Gasteiger charge is -2.32. The van der Waals surface area contributed by atoms with E-state index in [4.69, 9.17) is 0 Å². The van der Waals surface area contributed by atoms with Gasteiger partial charge in [0.15, 0.2) is 0 Å². The van der Waals surface area contributed by atoms with Gasteiger partial charge in [0.25, 0.3) is 0 Å². The molecule has 0 aromatic heterocycles. The van der Waals surface area contributed by atoms with Crippen molar-refractivity contribution < 1.29 is 0 Å². The minimum absolute atomic E-state index is 0.635. The second-order valence-corrected chi connectivity index (χ2v) is 11.8. The summed E-state index contributed by atoms with van der Waals surface area (Å²) < 4.78 is 0. The van der Waals surface area contributed by atoms with Gasteiger partial charge in [-0.05, 0) is 26.2 Å². The fourth-order valence-electron chi connectivity index (χ4n) is 5.91. The zero-order chi connectivity index (χ0) is 25.9. The Hall–Kier alpha value is -0.660. The molecule has 0 fully saturated rings. The van der Waals surface area contributed by atoms with Crippen LogP contribution in [-0.2, 0) is 0 Å². The standard InChI is InChI=1S/C34H68N2/c1-4-7-9-11-13-15-16-17-18-19-20-21-22-23-24-26-28-30-34-35(6-3)32-33-36(34)31-29-27-25-14-12-10-8-5-2/h32-34H,4-31H2,1-3H3. The zero-order valence-electron chi connectivity index (χ0n) is 25.4. The molecule has 0 saturated carbocycles. The summed E-state index contributed by atoms with van der Waals surface area (Å²) >= 11 is 0. The minimum Gasteiger partial charge on any atom is -0.356 e. The number of unbranched alkanes of at least 4 members (excludes halogenated alkanes) is 23. The summed E-state index contributed by atoms with van der Waals surface area (Å²) in [4.78, 5) is 5.21. The van der Waals surface area contributed by atoms with Gasteiger partial charge in [0.1, 0.15) is 6.17 Å². The van der Waals surface area contributed by atoms with Crippen LogP contribution in [0.1, 0.15) is 188 Å². The van der Waals surface area contributed by atoms with E-state index in [0.717, 1.165) is 6.54 Å².